The van der Waals surface area contributed by atoms with Gasteiger partial charge < -0.3 is 9.47 Å². The molecule has 0 aromatic carbocycles. The van der Waals surface area contributed by atoms with Crippen LogP contribution in [0.15, 0.2) is 10.5 Å². The second-order valence-corrected chi connectivity index (χ2v) is 5.76. The number of fused-ring (bicyclic) bond motifs is 1. The summed E-state index contributed by atoms with van der Waals surface area (Å²) in [6, 6.07) is -1.28. The third-order valence-corrected chi connectivity index (χ3v) is 3.89. The van der Waals surface area contributed by atoms with E-state index < -0.39 is 30.1 Å². The zero-order valence-corrected chi connectivity index (χ0v) is 13.2. The summed E-state index contributed by atoms with van der Waals surface area (Å²) < 4.78 is 11.2. The average molecular weight is 318 g/mol. The van der Waals surface area contributed by atoms with Crippen molar-refractivity contribution >= 4 is 0 Å². The molecule has 22 heavy (non-hydrogen) atoms. The molecule has 2 aliphatic heterocycles. The molecule has 2 aliphatic rings. The standard InChI is InChI=1S/C12H22N4O6/c1-5-12(3,4)20-11-8(13-17)9-10(16(9)22-14-18)15(21-11)7-19-6-2/h8-11H,5-7H2,1-4H3. The second kappa shape index (κ2) is 6.92. The third kappa shape index (κ3) is 3.41. The zero-order valence-electron chi connectivity index (χ0n) is 13.2. The Morgan fingerprint density at radius 2 is 2.00 bits per heavy atom. The van der Waals surface area contributed by atoms with E-state index >= 15 is 0 Å². The van der Waals surface area contributed by atoms with E-state index in [2.05, 4.69) is 15.5 Å². The van der Waals surface area contributed by atoms with Crippen LogP contribution in [-0.4, -0.2) is 53.6 Å². The van der Waals surface area contributed by atoms with Crippen LogP contribution in [0.3, 0.4) is 0 Å². The minimum Gasteiger partial charge on any atom is -0.364 e. The highest BCUT2D eigenvalue weighted by atomic mass is 16.9. The maximum absolute atomic E-state index is 11.2. The van der Waals surface area contributed by atoms with Crippen molar-refractivity contribution in [1.82, 2.24) is 10.1 Å². The molecule has 0 aromatic heterocycles. The molecular weight excluding hydrogens is 296 g/mol. The van der Waals surface area contributed by atoms with Gasteiger partial charge in [-0.3, -0.25) is 9.78 Å². The number of rotatable bonds is 9. The first-order valence-electron chi connectivity index (χ1n) is 7.28. The van der Waals surface area contributed by atoms with Crippen molar-refractivity contribution in [2.45, 2.75) is 64.3 Å². The van der Waals surface area contributed by atoms with Gasteiger partial charge in [0.25, 0.3) is 0 Å². The summed E-state index contributed by atoms with van der Waals surface area (Å²) in [5, 5.41) is 8.19. The Morgan fingerprint density at radius 3 is 2.55 bits per heavy atom. The maximum atomic E-state index is 11.2. The Hall–Kier alpha value is -1.20. The minimum atomic E-state index is -0.880. The fraction of sp³-hybridized carbons (Fsp3) is 1.00. The summed E-state index contributed by atoms with van der Waals surface area (Å²) in [6.45, 7) is 8.24. The fourth-order valence-corrected chi connectivity index (χ4v) is 2.29. The molecule has 0 amide bonds. The van der Waals surface area contributed by atoms with Gasteiger partial charge in [0.2, 0.25) is 6.29 Å². The van der Waals surface area contributed by atoms with Crippen LogP contribution in [0, 0.1) is 9.81 Å². The molecule has 0 saturated carbocycles. The Labute approximate surface area is 128 Å². The van der Waals surface area contributed by atoms with Crippen LogP contribution in [-0.2, 0) is 19.2 Å². The normalized spacial score (nSPS) is 34.8. The third-order valence-electron chi connectivity index (χ3n) is 3.89. The van der Waals surface area contributed by atoms with Gasteiger partial charge in [-0.25, -0.2) is 0 Å². The summed E-state index contributed by atoms with van der Waals surface area (Å²) in [5.41, 5.74) is -0.485. The topological polar surface area (TPSA) is 102 Å². The Morgan fingerprint density at radius 1 is 1.27 bits per heavy atom. The van der Waals surface area contributed by atoms with Crippen molar-refractivity contribution in [2.24, 2.45) is 10.5 Å². The largest absolute Gasteiger partial charge is 0.364 e. The number of hydrogen-bond donors (Lipinski definition) is 0. The SMILES string of the molecule is CCOCN1OC(OC(C)(C)CC)C(N=O)C2C1N2ON=O. The highest BCUT2D eigenvalue weighted by Crippen LogP contribution is 2.43. The van der Waals surface area contributed by atoms with E-state index in [0.717, 1.165) is 6.42 Å². The molecule has 5 unspecified atom stereocenters. The van der Waals surface area contributed by atoms with E-state index in [1.807, 2.05) is 27.7 Å². The molecule has 2 saturated heterocycles. The quantitative estimate of drug-likeness (QED) is 0.358. The lowest BCUT2D eigenvalue weighted by molar-refractivity contribution is -0.349. The van der Waals surface area contributed by atoms with Gasteiger partial charge in [0.15, 0.2) is 11.4 Å². The first-order valence-corrected chi connectivity index (χ1v) is 7.28. The summed E-state index contributed by atoms with van der Waals surface area (Å²) in [4.78, 5) is 31.8. The number of hydroxylamine groups is 4. The second-order valence-electron chi connectivity index (χ2n) is 5.76. The van der Waals surface area contributed by atoms with Crippen LogP contribution < -0.4 is 0 Å². The van der Waals surface area contributed by atoms with Crippen molar-refractivity contribution < 1.29 is 19.2 Å². The van der Waals surface area contributed by atoms with Crippen molar-refractivity contribution in [3.8, 4) is 0 Å². The van der Waals surface area contributed by atoms with Crippen molar-refractivity contribution in [2.75, 3.05) is 13.3 Å². The molecular formula is C12H22N4O6. The highest BCUT2D eigenvalue weighted by molar-refractivity contribution is 5.06. The molecule has 0 N–H and O–H groups in total. The highest BCUT2D eigenvalue weighted by Gasteiger charge is 2.67. The number of nitrogens with zero attached hydrogens (tertiary/aromatic N) is 4. The molecule has 0 spiro atoms. The van der Waals surface area contributed by atoms with Crippen LogP contribution in [0.5, 0.6) is 0 Å². The van der Waals surface area contributed by atoms with E-state index in [9.17, 15) is 9.81 Å². The molecule has 0 bridgehead atoms. The van der Waals surface area contributed by atoms with E-state index in [1.165, 1.54) is 10.1 Å². The van der Waals surface area contributed by atoms with E-state index in [1.54, 1.807) is 0 Å². The molecule has 0 aromatic rings. The smallest absolute Gasteiger partial charge is 0.205 e. The molecule has 2 fully saturated rings. The van der Waals surface area contributed by atoms with Gasteiger partial charge in [-0.1, -0.05) is 17.2 Å². The minimum absolute atomic E-state index is 0.147. The predicted molar refractivity (Wildman–Crippen MR) is 74.5 cm³/mol. The lowest BCUT2D eigenvalue weighted by atomic mass is 10.1. The predicted octanol–water partition coefficient (Wildman–Crippen LogP) is 1.52. The van der Waals surface area contributed by atoms with Crippen LogP contribution in [0.1, 0.15) is 34.1 Å². The van der Waals surface area contributed by atoms with Crippen molar-refractivity contribution in [1.29, 1.82) is 0 Å². The molecule has 0 aliphatic carbocycles. The summed E-state index contributed by atoms with van der Waals surface area (Å²) in [6.07, 6.45) is -0.598. The number of nitroso groups, excluding NO2 is 1. The molecule has 2 heterocycles. The Kier molecular flexibility index (Phi) is 5.40. The van der Waals surface area contributed by atoms with Gasteiger partial charge in [0.05, 0.1) is 5.60 Å². The number of ether oxygens (including phenoxy) is 2. The first-order chi connectivity index (χ1) is 10.5. The van der Waals surface area contributed by atoms with Crippen molar-refractivity contribution in [3.63, 3.8) is 0 Å². The van der Waals surface area contributed by atoms with Gasteiger partial charge >= 0.3 is 0 Å². The van der Waals surface area contributed by atoms with Gasteiger partial charge in [0.1, 0.15) is 18.9 Å². The fourth-order valence-electron chi connectivity index (χ4n) is 2.29. The summed E-state index contributed by atoms with van der Waals surface area (Å²) in [7, 11) is 0. The van der Waals surface area contributed by atoms with Crippen LogP contribution in [0.2, 0.25) is 0 Å². The number of hydrogen-bond acceptors (Lipinski definition) is 10. The molecule has 10 heteroatoms. The van der Waals surface area contributed by atoms with Gasteiger partial charge in [0, 0.05) is 6.61 Å². The van der Waals surface area contributed by atoms with Gasteiger partial charge in [-0.05, 0) is 27.2 Å². The molecule has 5 atom stereocenters. The monoisotopic (exact) mass is 318 g/mol. The summed E-state index contributed by atoms with van der Waals surface area (Å²) >= 11 is 0. The van der Waals surface area contributed by atoms with Crippen LogP contribution in [0.25, 0.3) is 0 Å². The Bertz CT molecular complexity index is 409. The van der Waals surface area contributed by atoms with E-state index in [-0.39, 0.29) is 6.73 Å². The van der Waals surface area contributed by atoms with Crippen LogP contribution in [0.4, 0.5) is 0 Å². The van der Waals surface area contributed by atoms with E-state index in [4.69, 9.17) is 14.3 Å². The summed E-state index contributed by atoms with van der Waals surface area (Å²) in [5.74, 6) is 0. The lowest BCUT2D eigenvalue weighted by Crippen LogP contribution is -2.51. The Balaban J connectivity index is 2.12. The molecule has 126 valence electrons. The van der Waals surface area contributed by atoms with Crippen LogP contribution >= 0.6 is 0 Å². The maximum Gasteiger partial charge on any atom is 0.205 e. The first kappa shape index (κ1) is 17.2. The van der Waals surface area contributed by atoms with Gasteiger partial charge in [-0.2, -0.15) is 4.91 Å². The molecule has 2 rings (SSSR count). The van der Waals surface area contributed by atoms with Gasteiger partial charge in [-0.15, -0.1) is 9.97 Å². The van der Waals surface area contributed by atoms with Crippen molar-refractivity contribution in [3.05, 3.63) is 9.81 Å². The molecule has 0 radical (unpaired) electrons. The lowest BCUT2D eigenvalue weighted by Gasteiger charge is -2.36. The zero-order chi connectivity index (χ0) is 16.3. The molecule has 10 nitrogen and oxygen atoms in total. The average Bonchev–Trinajstić information content (AvgIpc) is 3.19. The van der Waals surface area contributed by atoms with E-state index in [0.29, 0.717) is 6.61 Å².